The van der Waals surface area contributed by atoms with Crippen molar-refractivity contribution < 1.29 is 14.7 Å². The molecule has 0 saturated carbocycles. The van der Waals surface area contributed by atoms with Crippen LogP contribution >= 0.6 is 11.6 Å². The Labute approximate surface area is 90.3 Å². The Morgan fingerprint density at radius 3 is 2.67 bits per heavy atom. The number of phenols is 1. The van der Waals surface area contributed by atoms with Crippen LogP contribution in [0.25, 0.3) is 0 Å². The predicted molar refractivity (Wildman–Crippen MR) is 54.0 cm³/mol. The average molecular weight is 227 g/mol. The monoisotopic (exact) mass is 226 g/mol. The summed E-state index contributed by atoms with van der Waals surface area (Å²) in [7, 11) is 0. The second-order valence-electron chi connectivity index (χ2n) is 3.02. The SMILES string of the molecule is O=C1CNC(=O)N1c1ccc(O)c(Cl)c1. The molecule has 78 valence electrons. The molecule has 15 heavy (non-hydrogen) atoms. The van der Waals surface area contributed by atoms with Crippen molar-refractivity contribution in [1.82, 2.24) is 5.32 Å². The van der Waals surface area contributed by atoms with Crippen LogP contribution in [0.3, 0.4) is 0 Å². The van der Waals surface area contributed by atoms with Gasteiger partial charge in [0.25, 0.3) is 5.91 Å². The molecular formula is C9H7ClN2O3. The van der Waals surface area contributed by atoms with E-state index < -0.39 is 6.03 Å². The van der Waals surface area contributed by atoms with Gasteiger partial charge < -0.3 is 10.4 Å². The van der Waals surface area contributed by atoms with Crippen LogP contribution in [0.1, 0.15) is 0 Å². The molecule has 1 heterocycles. The van der Waals surface area contributed by atoms with Crippen molar-refractivity contribution in [2.24, 2.45) is 0 Å². The van der Waals surface area contributed by atoms with Gasteiger partial charge in [0.15, 0.2) is 0 Å². The Bertz CT molecular complexity index is 431. The quantitative estimate of drug-likeness (QED) is 0.705. The van der Waals surface area contributed by atoms with Crippen molar-refractivity contribution in [3.8, 4) is 5.75 Å². The van der Waals surface area contributed by atoms with Gasteiger partial charge in [-0.3, -0.25) is 4.79 Å². The summed E-state index contributed by atoms with van der Waals surface area (Å²) in [5.74, 6) is -0.436. The maximum atomic E-state index is 11.3. The van der Waals surface area contributed by atoms with Crippen molar-refractivity contribution in [3.63, 3.8) is 0 Å². The van der Waals surface area contributed by atoms with Gasteiger partial charge in [-0.2, -0.15) is 0 Å². The van der Waals surface area contributed by atoms with Gasteiger partial charge in [0.05, 0.1) is 17.3 Å². The molecule has 0 radical (unpaired) electrons. The fourth-order valence-electron chi connectivity index (χ4n) is 1.32. The molecule has 2 N–H and O–H groups in total. The number of aromatic hydroxyl groups is 1. The molecule has 1 saturated heterocycles. The lowest BCUT2D eigenvalue weighted by atomic mass is 10.3. The Balaban J connectivity index is 2.41. The largest absolute Gasteiger partial charge is 0.506 e. The number of carbonyl (C=O) groups excluding carboxylic acids is 2. The molecule has 0 aliphatic carbocycles. The fraction of sp³-hybridized carbons (Fsp3) is 0.111. The number of phenolic OH excluding ortho intramolecular Hbond substituents is 1. The van der Waals surface area contributed by atoms with E-state index in [1.165, 1.54) is 18.2 Å². The first-order chi connectivity index (χ1) is 7.09. The third kappa shape index (κ3) is 1.61. The van der Waals surface area contributed by atoms with E-state index in [0.29, 0.717) is 5.69 Å². The number of rotatable bonds is 1. The first-order valence-electron chi connectivity index (χ1n) is 4.19. The van der Waals surface area contributed by atoms with E-state index in [1.807, 2.05) is 0 Å². The van der Waals surface area contributed by atoms with Gasteiger partial charge in [-0.1, -0.05) is 11.6 Å². The van der Waals surface area contributed by atoms with Crippen molar-refractivity contribution >= 4 is 29.2 Å². The molecule has 0 atom stereocenters. The number of urea groups is 1. The summed E-state index contributed by atoms with van der Waals surface area (Å²) in [6, 6.07) is 3.65. The number of benzene rings is 1. The number of nitrogens with one attached hydrogen (secondary N) is 1. The number of hydrogen-bond donors (Lipinski definition) is 2. The number of imide groups is 1. The van der Waals surface area contributed by atoms with Crippen molar-refractivity contribution in [2.75, 3.05) is 11.4 Å². The molecule has 0 bridgehead atoms. The van der Waals surface area contributed by atoms with Crippen LogP contribution in [0.15, 0.2) is 18.2 Å². The lowest BCUT2D eigenvalue weighted by Gasteiger charge is -2.12. The lowest BCUT2D eigenvalue weighted by molar-refractivity contribution is -0.115. The van der Waals surface area contributed by atoms with Crippen molar-refractivity contribution in [2.45, 2.75) is 0 Å². The summed E-state index contributed by atoms with van der Waals surface area (Å²) in [4.78, 5) is 23.6. The number of amides is 3. The topological polar surface area (TPSA) is 69.6 Å². The number of nitrogens with zero attached hydrogens (tertiary/aromatic N) is 1. The zero-order valence-electron chi connectivity index (χ0n) is 7.53. The lowest BCUT2D eigenvalue weighted by Crippen LogP contribution is -2.30. The maximum Gasteiger partial charge on any atom is 0.329 e. The van der Waals surface area contributed by atoms with Crippen molar-refractivity contribution in [1.29, 1.82) is 0 Å². The first-order valence-corrected chi connectivity index (χ1v) is 4.56. The van der Waals surface area contributed by atoms with Gasteiger partial charge in [0, 0.05) is 0 Å². The Morgan fingerprint density at radius 2 is 2.13 bits per heavy atom. The van der Waals surface area contributed by atoms with Crippen LogP contribution < -0.4 is 10.2 Å². The minimum absolute atomic E-state index is 0.0165. The standard InChI is InChI=1S/C9H7ClN2O3/c10-6-3-5(1-2-7(6)13)12-8(14)4-11-9(12)15/h1-3,13H,4H2,(H,11,15). The molecule has 1 aromatic rings. The number of anilines is 1. The smallest absolute Gasteiger partial charge is 0.329 e. The highest BCUT2D eigenvalue weighted by Gasteiger charge is 2.30. The zero-order valence-corrected chi connectivity index (χ0v) is 8.28. The Hall–Kier alpha value is -1.75. The average Bonchev–Trinajstić information content (AvgIpc) is 2.52. The number of halogens is 1. The van der Waals surface area contributed by atoms with Crippen LogP contribution in [0.5, 0.6) is 5.75 Å². The fourth-order valence-corrected chi connectivity index (χ4v) is 1.49. The van der Waals surface area contributed by atoms with Crippen LogP contribution in [0.2, 0.25) is 5.02 Å². The summed E-state index contributed by atoms with van der Waals surface area (Å²) in [5.41, 5.74) is 0.345. The van der Waals surface area contributed by atoms with Gasteiger partial charge in [-0.25, -0.2) is 9.69 Å². The number of hydrogen-bond acceptors (Lipinski definition) is 3. The Kier molecular flexibility index (Phi) is 2.24. The molecule has 6 heteroatoms. The normalized spacial score (nSPS) is 15.7. The maximum absolute atomic E-state index is 11.3. The summed E-state index contributed by atoms with van der Waals surface area (Å²) in [5, 5.41) is 11.7. The second kappa shape index (κ2) is 3.43. The van der Waals surface area contributed by atoms with Crippen LogP contribution in [-0.4, -0.2) is 23.6 Å². The van der Waals surface area contributed by atoms with Gasteiger partial charge in [-0.05, 0) is 18.2 Å². The third-order valence-electron chi connectivity index (χ3n) is 2.03. The van der Waals surface area contributed by atoms with Gasteiger partial charge >= 0.3 is 6.03 Å². The minimum Gasteiger partial charge on any atom is -0.506 e. The van der Waals surface area contributed by atoms with Gasteiger partial charge in [-0.15, -0.1) is 0 Å². The van der Waals surface area contributed by atoms with E-state index in [-0.39, 0.29) is 23.2 Å². The van der Waals surface area contributed by atoms with Crippen LogP contribution in [0.4, 0.5) is 10.5 Å². The highest BCUT2D eigenvalue weighted by atomic mass is 35.5. The zero-order chi connectivity index (χ0) is 11.0. The molecule has 0 spiro atoms. The molecule has 2 rings (SSSR count). The minimum atomic E-state index is -0.484. The first kappa shape index (κ1) is 9.79. The van der Waals surface area contributed by atoms with Crippen molar-refractivity contribution in [3.05, 3.63) is 23.2 Å². The summed E-state index contributed by atoms with van der Waals surface area (Å²) < 4.78 is 0. The molecule has 1 aliphatic rings. The summed E-state index contributed by atoms with van der Waals surface area (Å²) in [6.45, 7) is -0.0165. The van der Waals surface area contributed by atoms with Crippen LogP contribution in [-0.2, 0) is 4.79 Å². The molecule has 0 unspecified atom stereocenters. The predicted octanol–water partition coefficient (Wildman–Crippen LogP) is 1.10. The molecule has 3 amide bonds. The molecular weight excluding hydrogens is 220 g/mol. The highest BCUT2D eigenvalue weighted by Crippen LogP contribution is 2.28. The number of carbonyl (C=O) groups is 2. The van der Waals surface area contributed by atoms with E-state index >= 15 is 0 Å². The molecule has 1 aliphatic heterocycles. The van der Waals surface area contributed by atoms with E-state index in [2.05, 4.69) is 5.32 Å². The molecule has 5 nitrogen and oxygen atoms in total. The van der Waals surface area contributed by atoms with E-state index in [4.69, 9.17) is 11.6 Å². The van der Waals surface area contributed by atoms with Gasteiger partial charge in [0.1, 0.15) is 5.75 Å². The van der Waals surface area contributed by atoms with E-state index in [9.17, 15) is 14.7 Å². The highest BCUT2D eigenvalue weighted by molar-refractivity contribution is 6.32. The third-order valence-corrected chi connectivity index (χ3v) is 2.34. The molecule has 0 aromatic heterocycles. The van der Waals surface area contributed by atoms with Gasteiger partial charge in [0.2, 0.25) is 0 Å². The van der Waals surface area contributed by atoms with E-state index in [1.54, 1.807) is 0 Å². The molecule has 1 fully saturated rings. The Morgan fingerprint density at radius 1 is 1.40 bits per heavy atom. The summed E-state index contributed by atoms with van der Waals surface area (Å²) in [6.07, 6.45) is 0. The molecule has 1 aromatic carbocycles. The summed E-state index contributed by atoms with van der Waals surface area (Å²) >= 11 is 5.67. The second-order valence-corrected chi connectivity index (χ2v) is 3.43. The van der Waals surface area contributed by atoms with E-state index in [0.717, 1.165) is 4.90 Å². The van der Waals surface area contributed by atoms with Crippen LogP contribution in [0, 0.1) is 0 Å².